The van der Waals surface area contributed by atoms with Gasteiger partial charge >= 0.3 is 0 Å². The van der Waals surface area contributed by atoms with Gasteiger partial charge in [-0.15, -0.1) is 0 Å². The first-order valence-electron chi connectivity index (χ1n) is 6.95. The van der Waals surface area contributed by atoms with E-state index >= 15 is 0 Å². The van der Waals surface area contributed by atoms with Crippen molar-refractivity contribution in [3.8, 4) is 0 Å². The predicted molar refractivity (Wildman–Crippen MR) is 73.7 cm³/mol. The van der Waals surface area contributed by atoms with Crippen molar-refractivity contribution >= 4 is 17.3 Å². The van der Waals surface area contributed by atoms with Gasteiger partial charge in [0.25, 0.3) is 0 Å². The number of fused-ring (bicyclic) bond motifs is 1. The lowest BCUT2D eigenvalue weighted by molar-refractivity contribution is -0.125. The minimum atomic E-state index is -0.199. The van der Waals surface area contributed by atoms with Crippen molar-refractivity contribution in [1.82, 2.24) is 0 Å². The van der Waals surface area contributed by atoms with Crippen LogP contribution in [-0.2, 0) is 4.79 Å². The zero-order chi connectivity index (χ0) is 12.4. The van der Waals surface area contributed by atoms with Crippen molar-refractivity contribution < 1.29 is 4.79 Å². The van der Waals surface area contributed by atoms with Gasteiger partial charge in [0.05, 0.1) is 16.8 Å². The Morgan fingerprint density at radius 1 is 0.944 bits per heavy atom. The average Bonchev–Trinajstić information content (AvgIpc) is 2.70. The summed E-state index contributed by atoms with van der Waals surface area (Å²) in [6, 6.07) is 7.97. The maximum atomic E-state index is 12.6. The number of para-hydroxylation sites is 2. The molecule has 0 atom stereocenters. The number of hydrogen-bond donors (Lipinski definition) is 2. The van der Waals surface area contributed by atoms with Gasteiger partial charge in [0.1, 0.15) is 0 Å². The Morgan fingerprint density at radius 2 is 1.61 bits per heavy atom. The maximum absolute atomic E-state index is 12.6. The second-order valence-corrected chi connectivity index (χ2v) is 5.55. The Labute approximate surface area is 108 Å². The van der Waals surface area contributed by atoms with Crippen LogP contribution < -0.4 is 10.6 Å². The fourth-order valence-electron chi connectivity index (χ4n) is 3.16. The number of anilines is 2. The van der Waals surface area contributed by atoms with Crippen LogP contribution in [0.15, 0.2) is 24.3 Å². The summed E-state index contributed by atoms with van der Waals surface area (Å²) in [5, 5.41) is 6.57. The summed E-state index contributed by atoms with van der Waals surface area (Å²) in [5.41, 5.74) is 1.77. The van der Waals surface area contributed by atoms with Gasteiger partial charge in [-0.25, -0.2) is 0 Å². The molecule has 96 valence electrons. The average molecular weight is 244 g/mol. The van der Waals surface area contributed by atoms with Crippen LogP contribution in [0.25, 0.3) is 0 Å². The lowest BCUT2D eigenvalue weighted by Crippen LogP contribution is -2.39. The van der Waals surface area contributed by atoms with E-state index in [0.717, 1.165) is 30.8 Å². The molecule has 3 nitrogen and oxygen atoms in total. The minimum Gasteiger partial charge on any atom is -0.382 e. The van der Waals surface area contributed by atoms with Gasteiger partial charge in [-0.3, -0.25) is 4.79 Å². The van der Waals surface area contributed by atoms with Gasteiger partial charge in [0, 0.05) is 6.54 Å². The van der Waals surface area contributed by atoms with Crippen LogP contribution in [0.4, 0.5) is 11.4 Å². The van der Waals surface area contributed by atoms with E-state index < -0.39 is 0 Å². The van der Waals surface area contributed by atoms with E-state index in [0.29, 0.717) is 0 Å². The normalized spacial score (nSPS) is 22.3. The first kappa shape index (κ1) is 11.6. The molecule has 3 rings (SSSR count). The maximum Gasteiger partial charge on any atom is 0.232 e. The molecule has 1 fully saturated rings. The highest BCUT2D eigenvalue weighted by molar-refractivity contribution is 5.99. The van der Waals surface area contributed by atoms with Crippen molar-refractivity contribution in [3.63, 3.8) is 0 Å². The van der Waals surface area contributed by atoms with Gasteiger partial charge in [-0.1, -0.05) is 37.8 Å². The topological polar surface area (TPSA) is 41.1 Å². The molecule has 0 aromatic heterocycles. The second-order valence-electron chi connectivity index (χ2n) is 5.55. The monoisotopic (exact) mass is 244 g/mol. The molecule has 1 spiro atoms. The summed E-state index contributed by atoms with van der Waals surface area (Å²) >= 11 is 0. The van der Waals surface area contributed by atoms with Crippen LogP contribution in [0.2, 0.25) is 0 Å². The molecule has 3 heteroatoms. The first-order chi connectivity index (χ1) is 8.80. The highest BCUT2D eigenvalue weighted by atomic mass is 16.2. The number of amides is 1. The van der Waals surface area contributed by atoms with Crippen LogP contribution in [0.5, 0.6) is 0 Å². The molecule has 2 aliphatic rings. The molecule has 1 saturated carbocycles. The lowest BCUT2D eigenvalue weighted by Gasteiger charge is -2.29. The minimum absolute atomic E-state index is 0.199. The fourth-order valence-corrected chi connectivity index (χ4v) is 3.16. The largest absolute Gasteiger partial charge is 0.382 e. The van der Waals surface area contributed by atoms with Gasteiger partial charge < -0.3 is 10.6 Å². The summed E-state index contributed by atoms with van der Waals surface area (Å²) in [5.74, 6) is 0.210. The summed E-state index contributed by atoms with van der Waals surface area (Å²) in [7, 11) is 0. The van der Waals surface area contributed by atoms with Crippen LogP contribution >= 0.6 is 0 Å². The van der Waals surface area contributed by atoms with Gasteiger partial charge in [0.2, 0.25) is 5.91 Å². The van der Waals surface area contributed by atoms with Crippen molar-refractivity contribution in [2.45, 2.75) is 38.5 Å². The van der Waals surface area contributed by atoms with E-state index in [4.69, 9.17) is 0 Å². The summed E-state index contributed by atoms with van der Waals surface area (Å²) in [6.45, 7) is 0.774. The second kappa shape index (κ2) is 4.63. The molecule has 1 aliphatic carbocycles. The molecular formula is C15H20N2O. The van der Waals surface area contributed by atoms with Crippen molar-refractivity contribution in [2.75, 3.05) is 17.2 Å². The summed E-state index contributed by atoms with van der Waals surface area (Å²) < 4.78 is 0. The Morgan fingerprint density at radius 3 is 2.33 bits per heavy atom. The number of carbonyl (C=O) groups excluding carboxylic acids is 1. The summed E-state index contributed by atoms with van der Waals surface area (Å²) in [6.07, 6.45) is 6.90. The molecule has 18 heavy (non-hydrogen) atoms. The Bertz CT molecular complexity index is 448. The number of rotatable bonds is 0. The predicted octanol–water partition coefficient (Wildman–Crippen LogP) is 3.39. The highest BCUT2D eigenvalue weighted by Gasteiger charge is 2.40. The molecule has 0 bridgehead atoms. The smallest absolute Gasteiger partial charge is 0.232 e. The van der Waals surface area contributed by atoms with E-state index in [1.54, 1.807) is 0 Å². The van der Waals surface area contributed by atoms with Crippen molar-refractivity contribution in [2.24, 2.45) is 5.41 Å². The molecule has 1 aromatic carbocycles. The van der Waals surface area contributed by atoms with Gasteiger partial charge in [-0.2, -0.15) is 0 Å². The third-order valence-corrected chi connectivity index (χ3v) is 4.33. The van der Waals surface area contributed by atoms with Crippen LogP contribution in [0.3, 0.4) is 0 Å². The molecule has 1 heterocycles. The third-order valence-electron chi connectivity index (χ3n) is 4.33. The standard InChI is InChI=1S/C15H20N2O/c18-14-15(9-5-1-2-6-10-15)11-16-12-7-3-4-8-13(12)17-14/h3-4,7-8,16H,1-2,5-6,9-11H2,(H,17,18). The lowest BCUT2D eigenvalue weighted by atomic mass is 9.79. The van der Waals surface area contributed by atoms with E-state index in [2.05, 4.69) is 10.6 Å². The SMILES string of the molecule is O=C1Nc2ccccc2NCC12CCCCCC2. The molecule has 0 saturated heterocycles. The number of benzene rings is 1. The van der Waals surface area contributed by atoms with E-state index in [1.807, 2.05) is 24.3 Å². The highest BCUT2D eigenvalue weighted by Crippen LogP contribution is 2.39. The fraction of sp³-hybridized carbons (Fsp3) is 0.533. The van der Waals surface area contributed by atoms with Crippen LogP contribution in [0, 0.1) is 5.41 Å². The molecule has 2 N–H and O–H groups in total. The van der Waals surface area contributed by atoms with E-state index in [9.17, 15) is 4.79 Å². The number of carbonyl (C=O) groups is 1. The van der Waals surface area contributed by atoms with Crippen molar-refractivity contribution in [1.29, 1.82) is 0 Å². The molecular weight excluding hydrogens is 224 g/mol. The molecule has 1 amide bonds. The Kier molecular flexibility index (Phi) is 2.98. The zero-order valence-electron chi connectivity index (χ0n) is 10.7. The Balaban J connectivity index is 1.90. The molecule has 0 unspecified atom stereocenters. The zero-order valence-corrected chi connectivity index (χ0v) is 10.7. The van der Waals surface area contributed by atoms with Crippen LogP contribution in [0.1, 0.15) is 38.5 Å². The van der Waals surface area contributed by atoms with Gasteiger partial charge in [0.15, 0.2) is 0 Å². The quantitative estimate of drug-likeness (QED) is 0.734. The van der Waals surface area contributed by atoms with E-state index in [-0.39, 0.29) is 11.3 Å². The Hall–Kier alpha value is -1.51. The molecule has 1 aromatic rings. The van der Waals surface area contributed by atoms with Crippen LogP contribution in [-0.4, -0.2) is 12.5 Å². The third kappa shape index (κ3) is 1.98. The number of hydrogen-bond acceptors (Lipinski definition) is 2. The van der Waals surface area contributed by atoms with Gasteiger partial charge in [-0.05, 0) is 25.0 Å². The number of nitrogens with one attached hydrogen (secondary N) is 2. The molecule has 1 aliphatic heterocycles. The van der Waals surface area contributed by atoms with E-state index in [1.165, 1.54) is 25.7 Å². The first-order valence-corrected chi connectivity index (χ1v) is 6.95. The molecule has 0 radical (unpaired) electrons. The summed E-state index contributed by atoms with van der Waals surface area (Å²) in [4.78, 5) is 12.6. The van der Waals surface area contributed by atoms with Crippen molar-refractivity contribution in [3.05, 3.63) is 24.3 Å².